The van der Waals surface area contributed by atoms with Gasteiger partial charge in [-0.05, 0) is 86.9 Å². The highest BCUT2D eigenvalue weighted by atomic mass is 16.5. The van der Waals surface area contributed by atoms with Crippen molar-refractivity contribution in [2.75, 3.05) is 24.2 Å². The number of rotatable bonds is 7. The molecule has 0 radical (unpaired) electrons. The summed E-state index contributed by atoms with van der Waals surface area (Å²) in [5, 5.41) is 7.08. The van der Waals surface area contributed by atoms with Crippen molar-refractivity contribution in [2.24, 2.45) is 0 Å². The summed E-state index contributed by atoms with van der Waals surface area (Å²) in [7, 11) is 0. The van der Waals surface area contributed by atoms with Gasteiger partial charge in [-0.3, -0.25) is 4.79 Å². The number of carbonyl (C=O) groups excluding carboxylic acids is 1. The maximum Gasteiger partial charge on any atom is 0.310 e. The highest BCUT2D eigenvalue weighted by molar-refractivity contribution is 5.75. The number of nitrogens with one attached hydrogen (secondary N) is 2. The molecule has 0 aromatic heterocycles. The van der Waals surface area contributed by atoms with Gasteiger partial charge in [0.25, 0.3) is 0 Å². The molecule has 1 aliphatic carbocycles. The molecule has 160 valence electrons. The van der Waals surface area contributed by atoms with Crippen LogP contribution in [0.25, 0.3) is 0 Å². The van der Waals surface area contributed by atoms with Crippen LogP contribution in [0.1, 0.15) is 60.4 Å². The number of aryl methyl sites for hydroxylation is 2. The molecular weight excluding hydrogens is 374 g/mol. The van der Waals surface area contributed by atoms with E-state index >= 15 is 0 Å². The van der Waals surface area contributed by atoms with Gasteiger partial charge in [0, 0.05) is 17.4 Å². The van der Waals surface area contributed by atoms with Crippen LogP contribution in [0, 0.1) is 6.92 Å². The number of hydrogen-bond donors (Lipinski definition) is 3. The fourth-order valence-corrected chi connectivity index (χ4v) is 4.60. The highest BCUT2D eigenvalue weighted by Crippen LogP contribution is 2.35. The van der Waals surface area contributed by atoms with E-state index in [2.05, 4.69) is 54.0 Å². The molecule has 2 atom stereocenters. The number of esters is 1. The Morgan fingerprint density at radius 2 is 2.03 bits per heavy atom. The van der Waals surface area contributed by atoms with Crippen LogP contribution < -0.4 is 16.4 Å². The van der Waals surface area contributed by atoms with Gasteiger partial charge < -0.3 is 21.1 Å². The van der Waals surface area contributed by atoms with Crippen LogP contribution in [0.4, 0.5) is 11.4 Å². The van der Waals surface area contributed by atoms with Crippen LogP contribution in [0.15, 0.2) is 36.4 Å². The van der Waals surface area contributed by atoms with Gasteiger partial charge in [0.05, 0.1) is 19.1 Å². The predicted molar refractivity (Wildman–Crippen MR) is 122 cm³/mol. The zero-order chi connectivity index (χ0) is 20.9. The van der Waals surface area contributed by atoms with Gasteiger partial charge in [-0.2, -0.15) is 0 Å². The van der Waals surface area contributed by atoms with Crippen LogP contribution in [0.3, 0.4) is 0 Å². The molecule has 30 heavy (non-hydrogen) atoms. The summed E-state index contributed by atoms with van der Waals surface area (Å²) < 4.78 is 5.47. The molecule has 1 aliphatic heterocycles. The minimum Gasteiger partial charge on any atom is -0.465 e. The summed E-state index contributed by atoms with van der Waals surface area (Å²) in [6, 6.07) is 13.4. The van der Waals surface area contributed by atoms with Crippen LogP contribution in [-0.4, -0.2) is 25.2 Å². The Morgan fingerprint density at radius 1 is 1.20 bits per heavy atom. The lowest BCUT2D eigenvalue weighted by Gasteiger charge is -2.28. The van der Waals surface area contributed by atoms with Crippen molar-refractivity contribution >= 4 is 17.3 Å². The van der Waals surface area contributed by atoms with E-state index < -0.39 is 0 Å². The predicted octanol–water partition coefficient (Wildman–Crippen LogP) is 4.29. The number of ether oxygens (including phenoxy) is 1. The molecular formula is C25H33N3O2. The number of hydrogen-bond acceptors (Lipinski definition) is 5. The second kappa shape index (κ2) is 9.52. The molecule has 0 bridgehead atoms. The third kappa shape index (κ3) is 5.14. The van der Waals surface area contributed by atoms with Crippen molar-refractivity contribution in [3.05, 3.63) is 58.7 Å². The van der Waals surface area contributed by atoms with E-state index in [4.69, 9.17) is 10.5 Å². The van der Waals surface area contributed by atoms with E-state index in [-0.39, 0.29) is 18.4 Å². The molecule has 0 amide bonds. The molecule has 1 fully saturated rings. The van der Waals surface area contributed by atoms with Crippen molar-refractivity contribution in [2.45, 2.75) is 64.0 Å². The lowest BCUT2D eigenvalue weighted by Crippen LogP contribution is -2.24. The second-order valence-corrected chi connectivity index (χ2v) is 8.68. The molecule has 2 unspecified atom stereocenters. The van der Waals surface area contributed by atoms with Crippen molar-refractivity contribution in [1.82, 2.24) is 5.32 Å². The lowest BCUT2D eigenvalue weighted by molar-refractivity contribution is -0.143. The fourth-order valence-electron chi connectivity index (χ4n) is 4.60. The molecule has 2 aromatic rings. The summed E-state index contributed by atoms with van der Waals surface area (Å²) in [6.07, 6.45) is 6.74. The molecule has 2 aliphatic rings. The number of nitrogen functional groups attached to an aromatic ring is 1. The van der Waals surface area contributed by atoms with Gasteiger partial charge in [0.1, 0.15) is 0 Å². The minimum absolute atomic E-state index is 0.190. The van der Waals surface area contributed by atoms with E-state index in [0.29, 0.717) is 18.3 Å². The van der Waals surface area contributed by atoms with Crippen molar-refractivity contribution < 1.29 is 9.53 Å². The topological polar surface area (TPSA) is 76.4 Å². The largest absolute Gasteiger partial charge is 0.465 e. The Kier molecular flexibility index (Phi) is 6.58. The first kappa shape index (κ1) is 20.7. The lowest BCUT2D eigenvalue weighted by atomic mass is 9.85. The van der Waals surface area contributed by atoms with Crippen LogP contribution in [0.2, 0.25) is 0 Å². The van der Waals surface area contributed by atoms with Crippen molar-refractivity contribution in [3.8, 4) is 0 Å². The number of benzene rings is 2. The van der Waals surface area contributed by atoms with E-state index in [1.54, 1.807) is 0 Å². The summed E-state index contributed by atoms with van der Waals surface area (Å²) in [5.41, 5.74) is 12.8. The first-order valence-electron chi connectivity index (χ1n) is 11.2. The van der Waals surface area contributed by atoms with Gasteiger partial charge in [0.2, 0.25) is 0 Å². The van der Waals surface area contributed by atoms with Crippen molar-refractivity contribution in [1.29, 1.82) is 0 Å². The van der Waals surface area contributed by atoms with Crippen LogP contribution in [-0.2, 0) is 22.4 Å². The average Bonchev–Trinajstić information content (AvgIpc) is 3.24. The second-order valence-electron chi connectivity index (χ2n) is 8.68. The van der Waals surface area contributed by atoms with Crippen molar-refractivity contribution in [3.63, 3.8) is 0 Å². The van der Waals surface area contributed by atoms with Gasteiger partial charge in [-0.15, -0.1) is 0 Å². The number of anilines is 2. The Balaban J connectivity index is 1.38. The Labute approximate surface area is 179 Å². The van der Waals surface area contributed by atoms with E-state index in [1.807, 2.05) is 0 Å². The molecule has 1 heterocycles. The standard InChI is InChI=1S/C25H33N3O2/c1-17-7-9-21(10-8-17)28-24-6-2-4-18-14-19(23(26)16-22(18)24)15-25(29)30-13-11-20-5-3-12-27-20/h7-10,14,16,20,24,27-28H,2-6,11-13,15,26H2,1H3. The third-order valence-corrected chi connectivity index (χ3v) is 6.33. The first-order chi connectivity index (χ1) is 14.6. The SMILES string of the molecule is Cc1ccc(NC2CCCc3cc(CC(=O)OCCC4CCCN4)c(N)cc32)cc1. The number of nitrogens with two attached hydrogens (primary N) is 1. The number of carbonyl (C=O) groups is 1. The first-order valence-corrected chi connectivity index (χ1v) is 11.2. The highest BCUT2D eigenvalue weighted by Gasteiger charge is 2.22. The molecule has 4 rings (SSSR count). The van der Waals surface area contributed by atoms with Crippen LogP contribution in [0.5, 0.6) is 0 Å². The van der Waals surface area contributed by atoms with Gasteiger partial charge >= 0.3 is 5.97 Å². The van der Waals surface area contributed by atoms with Crippen LogP contribution >= 0.6 is 0 Å². The Hall–Kier alpha value is -2.53. The molecule has 0 saturated carbocycles. The summed E-state index contributed by atoms with van der Waals surface area (Å²) in [5.74, 6) is -0.190. The Bertz CT molecular complexity index is 873. The maximum absolute atomic E-state index is 12.3. The molecule has 2 aromatic carbocycles. The normalized spacial score (nSPS) is 20.6. The Morgan fingerprint density at radius 3 is 2.80 bits per heavy atom. The summed E-state index contributed by atoms with van der Waals surface area (Å²) >= 11 is 0. The van der Waals surface area contributed by atoms with E-state index in [0.717, 1.165) is 43.5 Å². The average molecular weight is 408 g/mol. The molecule has 0 spiro atoms. The van der Waals surface area contributed by atoms with Gasteiger partial charge in [-0.1, -0.05) is 23.8 Å². The van der Waals surface area contributed by atoms with E-state index in [1.165, 1.54) is 29.5 Å². The number of fused-ring (bicyclic) bond motifs is 1. The quantitative estimate of drug-likeness (QED) is 0.471. The third-order valence-electron chi connectivity index (χ3n) is 6.33. The molecule has 4 N–H and O–H groups in total. The zero-order valence-electron chi connectivity index (χ0n) is 17.9. The molecule has 5 nitrogen and oxygen atoms in total. The monoisotopic (exact) mass is 407 g/mol. The summed E-state index contributed by atoms with van der Waals surface area (Å²) in [4.78, 5) is 12.3. The molecule has 1 saturated heterocycles. The van der Waals surface area contributed by atoms with Gasteiger partial charge in [0.15, 0.2) is 0 Å². The van der Waals surface area contributed by atoms with E-state index in [9.17, 15) is 4.79 Å². The smallest absolute Gasteiger partial charge is 0.310 e. The molecule has 5 heteroatoms. The summed E-state index contributed by atoms with van der Waals surface area (Å²) in [6.45, 7) is 3.65. The fraction of sp³-hybridized carbons (Fsp3) is 0.480. The van der Waals surface area contributed by atoms with Gasteiger partial charge in [-0.25, -0.2) is 0 Å². The zero-order valence-corrected chi connectivity index (χ0v) is 17.9. The minimum atomic E-state index is -0.190. The maximum atomic E-state index is 12.3.